The lowest BCUT2D eigenvalue weighted by Crippen LogP contribution is -2.65. The molecule has 1 aliphatic heterocycles. The number of amides is 1. The molecule has 0 radical (unpaired) electrons. The lowest BCUT2D eigenvalue weighted by molar-refractivity contribution is -0.179. The largest absolute Gasteiger partial charge is 0.378 e. The molecule has 6 nitrogen and oxygen atoms in total. The lowest BCUT2D eigenvalue weighted by Gasteiger charge is -2.58. The summed E-state index contributed by atoms with van der Waals surface area (Å²) in [6, 6.07) is 0.275. The molecule has 2 unspecified atom stereocenters. The quantitative estimate of drug-likeness (QED) is 0.766. The lowest BCUT2D eigenvalue weighted by atomic mass is 9.58. The van der Waals surface area contributed by atoms with Crippen LogP contribution in [-0.4, -0.2) is 59.5 Å². The summed E-state index contributed by atoms with van der Waals surface area (Å²) < 4.78 is 7.81. The van der Waals surface area contributed by atoms with Gasteiger partial charge in [-0.15, -0.1) is 12.4 Å². The number of ether oxygens (including phenoxy) is 1. The molecule has 1 aromatic rings. The Bertz CT molecular complexity index is 631. The van der Waals surface area contributed by atoms with Gasteiger partial charge in [-0.3, -0.25) is 9.48 Å². The zero-order valence-electron chi connectivity index (χ0n) is 17.3. The van der Waals surface area contributed by atoms with Gasteiger partial charge in [0.05, 0.1) is 18.2 Å². The highest BCUT2D eigenvalue weighted by atomic mass is 35.5. The van der Waals surface area contributed by atoms with Gasteiger partial charge in [0.15, 0.2) is 0 Å². The van der Waals surface area contributed by atoms with Crippen molar-refractivity contribution in [2.45, 2.75) is 58.1 Å². The second-order valence-electron chi connectivity index (χ2n) is 7.90. The smallest absolute Gasteiger partial charge is 0.227 e. The molecule has 154 valence electrons. The molecule has 27 heavy (non-hydrogen) atoms. The van der Waals surface area contributed by atoms with Gasteiger partial charge in [-0.25, -0.2) is 0 Å². The minimum atomic E-state index is -0.0123. The maximum absolute atomic E-state index is 13.4. The van der Waals surface area contributed by atoms with Crippen LogP contribution in [0.4, 0.5) is 0 Å². The van der Waals surface area contributed by atoms with E-state index in [9.17, 15) is 4.79 Å². The molecular formula is C20H35ClN4O2. The van der Waals surface area contributed by atoms with E-state index in [1.165, 1.54) is 0 Å². The maximum atomic E-state index is 13.4. The van der Waals surface area contributed by atoms with Gasteiger partial charge >= 0.3 is 0 Å². The van der Waals surface area contributed by atoms with E-state index >= 15 is 0 Å². The Kier molecular flexibility index (Phi) is 7.33. The van der Waals surface area contributed by atoms with E-state index in [4.69, 9.17) is 4.74 Å². The predicted molar refractivity (Wildman–Crippen MR) is 109 cm³/mol. The highest BCUT2D eigenvalue weighted by molar-refractivity contribution is 5.85. The maximum Gasteiger partial charge on any atom is 0.227 e. The van der Waals surface area contributed by atoms with Crippen molar-refractivity contribution < 1.29 is 9.53 Å². The van der Waals surface area contributed by atoms with Gasteiger partial charge in [0.25, 0.3) is 0 Å². The van der Waals surface area contributed by atoms with Crippen LogP contribution in [0.2, 0.25) is 0 Å². The first-order valence-electron chi connectivity index (χ1n) is 10.1. The molecule has 4 atom stereocenters. The number of aryl methyl sites for hydroxylation is 1. The summed E-state index contributed by atoms with van der Waals surface area (Å²) in [6.45, 7) is 8.85. The third-order valence-electron chi connectivity index (χ3n) is 6.93. The van der Waals surface area contributed by atoms with E-state index in [1.54, 1.807) is 0 Å². The zero-order valence-corrected chi connectivity index (χ0v) is 18.1. The van der Waals surface area contributed by atoms with E-state index < -0.39 is 0 Å². The molecule has 1 saturated carbocycles. The number of hydrogen-bond donors (Lipinski definition) is 1. The topological polar surface area (TPSA) is 59.4 Å². The van der Waals surface area contributed by atoms with Gasteiger partial charge < -0.3 is 15.0 Å². The van der Waals surface area contributed by atoms with Crippen LogP contribution in [0, 0.1) is 11.3 Å². The summed E-state index contributed by atoms with van der Waals surface area (Å²) in [5.41, 5.74) is 1.25. The van der Waals surface area contributed by atoms with Crippen molar-refractivity contribution in [3.63, 3.8) is 0 Å². The molecule has 1 N–H and O–H groups in total. The highest BCUT2D eigenvalue weighted by Gasteiger charge is 2.56. The first-order chi connectivity index (χ1) is 12.5. The van der Waals surface area contributed by atoms with Crippen LogP contribution in [0.1, 0.15) is 51.5 Å². The van der Waals surface area contributed by atoms with E-state index in [0.29, 0.717) is 0 Å². The van der Waals surface area contributed by atoms with Gasteiger partial charge in [-0.2, -0.15) is 5.10 Å². The van der Waals surface area contributed by atoms with Crippen LogP contribution in [-0.2, 0) is 16.6 Å². The van der Waals surface area contributed by atoms with Crippen LogP contribution in [0.3, 0.4) is 0 Å². The normalized spacial score (nSPS) is 29.1. The van der Waals surface area contributed by atoms with Crippen LogP contribution in [0.25, 0.3) is 0 Å². The Balaban J connectivity index is 0.00000261. The van der Waals surface area contributed by atoms with Gasteiger partial charge in [0.1, 0.15) is 0 Å². The number of hydrogen-bond acceptors (Lipinski definition) is 4. The van der Waals surface area contributed by atoms with Gasteiger partial charge in [-0.05, 0) is 31.7 Å². The van der Waals surface area contributed by atoms with Gasteiger partial charge in [0.2, 0.25) is 5.91 Å². The summed E-state index contributed by atoms with van der Waals surface area (Å²) in [5.74, 6) is 0.455. The molecule has 2 fully saturated rings. The fourth-order valence-electron chi connectivity index (χ4n) is 5.22. The standard InChI is InChI=1S/C20H34N4O2.ClH/c1-6-20(7-2)17(9-18(20)26-8-3)24(5)19(25)16-12-21-11-15(16)14-10-22-23(4)13-14;/h10,13,15-18,21H,6-9,11-12H2,1-5H3;1H/t15-,16+,17?,18?;/m1./s1. The van der Waals surface area contributed by atoms with Crippen molar-refractivity contribution in [1.29, 1.82) is 0 Å². The van der Waals surface area contributed by atoms with E-state index in [0.717, 1.165) is 44.5 Å². The van der Waals surface area contributed by atoms with Crippen molar-refractivity contribution in [2.75, 3.05) is 26.7 Å². The van der Waals surface area contributed by atoms with Crippen molar-refractivity contribution in [3.05, 3.63) is 18.0 Å². The Labute approximate surface area is 169 Å². The minimum absolute atomic E-state index is 0. The molecule has 0 spiro atoms. The third-order valence-corrected chi connectivity index (χ3v) is 6.93. The number of nitrogens with one attached hydrogen (secondary N) is 1. The van der Waals surface area contributed by atoms with E-state index in [2.05, 4.69) is 31.2 Å². The summed E-state index contributed by atoms with van der Waals surface area (Å²) in [4.78, 5) is 15.4. The minimum Gasteiger partial charge on any atom is -0.378 e. The average molecular weight is 399 g/mol. The molecule has 2 aliphatic rings. The van der Waals surface area contributed by atoms with Crippen LogP contribution >= 0.6 is 12.4 Å². The molecule has 7 heteroatoms. The average Bonchev–Trinajstić information content (AvgIpc) is 3.27. The van der Waals surface area contributed by atoms with E-state index in [-0.39, 0.29) is 47.7 Å². The van der Waals surface area contributed by atoms with Crippen LogP contribution < -0.4 is 5.32 Å². The first kappa shape index (κ1) is 22.2. The molecule has 1 aromatic heterocycles. The summed E-state index contributed by atoms with van der Waals surface area (Å²) >= 11 is 0. The molecular weight excluding hydrogens is 364 g/mol. The number of carbonyl (C=O) groups excluding carboxylic acids is 1. The van der Waals surface area contributed by atoms with Crippen molar-refractivity contribution in [3.8, 4) is 0 Å². The second kappa shape index (κ2) is 8.93. The van der Waals surface area contributed by atoms with Crippen molar-refractivity contribution in [2.24, 2.45) is 18.4 Å². The van der Waals surface area contributed by atoms with E-state index in [1.807, 2.05) is 36.1 Å². The Morgan fingerprint density at radius 3 is 2.63 bits per heavy atom. The summed E-state index contributed by atoms with van der Waals surface area (Å²) in [7, 11) is 3.92. The Morgan fingerprint density at radius 1 is 1.37 bits per heavy atom. The number of carbonyl (C=O) groups is 1. The molecule has 1 amide bonds. The number of nitrogens with zero attached hydrogens (tertiary/aromatic N) is 3. The van der Waals surface area contributed by atoms with Crippen LogP contribution in [0.15, 0.2) is 12.4 Å². The fraction of sp³-hybridized carbons (Fsp3) is 0.800. The van der Waals surface area contributed by atoms with Gasteiger partial charge in [-0.1, -0.05) is 13.8 Å². The molecule has 1 aliphatic carbocycles. The Hall–Kier alpha value is -1.11. The van der Waals surface area contributed by atoms with Crippen molar-refractivity contribution in [1.82, 2.24) is 20.0 Å². The van der Waals surface area contributed by atoms with Gasteiger partial charge in [0, 0.05) is 57.4 Å². The summed E-state index contributed by atoms with van der Waals surface area (Å²) in [5, 5.41) is 7.70. The fourth-order valence-corrected chi connectivity index (χ4v) is 5.22. The number of rotatable bonds is 7. The third kappa shape index (κ3) is 3.76. The second-order valence-corrected chi connectivity index (χ2v) is 7.90. The van der Waals surface area contributed by atoms with Crippen molar-refractivity contribution >= 4 is 18.3 Å². The molecule has 2 heterocycles. The van der Waals surface area contributed by atoms with Crippen LogP contribution in [0.5, 0.6) is 0 Å². The highest BCUT2D eigenvalue weighted by Crippen LogP contribution is 2.51. The molecule has 3 rings (SSSR count). The molecule has 0 aromatic carbocycles. The molecule has 1 saturated heterocycles. The number of halogens is 1. The molecule has 0 bridgehead atoms. The number of aromatic nitrogens is 2. The SMILES string of the molecule is CCOC1CC(N(C)C(=O)[C@H]2CNC[C@@H]2c2cnn(C)c2)C1(CC)CC.Cl. The zero-order chi connectivity index (χ0) is 18.9. The predicted octanol–water partition coefficient (Wildman–Crippen LogP) is 2.59. The Morgan fingerprint density at radius 2 is 2.07 bits per heavy atom. The monoisotopic (exact) mass is 398 g/mol. The first-order valence-corrected chi connectivity index (χ1v) is 10.1. The summed E-state index contributed by atoms with van der Waals surface area (Å²) in [6.07, 6.45) is 7.26.